The number of nitrogens with one attached hydrogen (secondary N) is 1. The first-order valence-electron chi connectivity index (χ1n) is 8.14. The van der Waals surface area contributed by atoms with Crippen LogP contribution in [-0.4, -0.2) is 34.8 Å². The standard InChI is InChI=1S/C20H16FNO5/c1-22-15-8-12(21)7-14-13(15)9-17(24)18(19(14)25)16(23)6-10-2-4-11(5-3-10)20(26)27/h2-5,7-8,22,25H,6,9H2,1H3,(H,26,27). The highest BCUT2D eigenvalue weighted by molar-refractivity contribution is 6.27. The average molecular weight is 369 g/mol. The molecule has 7 heteroatoms. The Hall–Kier alpha value is -3.48. The summed E-state index contributed by atoms with van der Waals surface area (Å²) in [6.07, 6.45) is -0.316. The van der Waals surface area contributed by atoms with Crippen molar-refractivity contribution in [3.05, 3.63) is 70.0 Å². The Bertz CT molecular complexity index is 992. The second kappa shape index (κ2) is 7.03. The molecule has 0 aromatic heterocycles. The molecule has 0 spiro atoms. The largest absolute Gasteiger partial charge is 0.506 e. The number of Topliss-reactive ketones (excluding diaryl/α,β-unsaturated/α-hetero) is 2. The Morgan fingerprint density at radius 3 is 2.44 bits per heavy atom. The zero-order valence-corrected chi connectivity index (χ0v) is 14.4. The van der Waals surface area contributed by atoms with Gasteiger partial charge in [0, 0.05) is 31.1 Å². The van der Waals surface area contributed by atoms with Gasteiger partial charge in [0.15, 0.2) is 11.6 Å². The lowest BCUT2D eigenvalue weighted by atomic mass is 9.85. The number of carboxylic acids is 1. The molecule has 0 saturated carbocycles. The molecule has 6 nitrogen and oxygen atoms in total. The van der Waals surface area contributed by atoms with Crippen LogP contribution in [-0.2, 0) is 22.4 Å². The van der Waals surface area contributed by atoms with Crippen molar-refractivity contribution in [3.8, 4) is 0 Å². The monoisotopic (exact) mass is 369 g/mol. The molecular weight excluding hydrogens is 353 g/mol. The summed E-state index contributed by atoms with van der Waals surface area (Å²) in [4.78, 5) is 35.9. The molecule has 0 heterocycles. The summed E-state index contributed by atoms with van der Waals surface area (Å²) in [6, 6.07) is 7.96. The van der Waals surface area contributed by atoms with Crippen molar-refractivity contribution in [2.45, 2.75) is 12.8 Å². The summed E-state index contributed by atoms with van der Waals surface area (Å²) in [5, 5.41) is 22.1. The number of aromatic carboxylic acids is 1. The van der Waals surface area contributed by atoms with E-state index in [1.807, 2.05) is 0 Å². The van der Waals surface area contributed by atoms with Crippen LogP contribution in [0, 0.1) is 5.82 Å². The lowest BCUT2D eigenvalue weighted by Gasteiger charge is -2.21. The predicted octanol–water partition coefficient (Wildman–Crippen LogP) is 2.77. The number of carbonyl (C=O) groups is 3. The molecule has 0 saturated heterocycles. The van der Waals surface area contributed by atoms with Gasteiger partial charge >= 0.3 is 5.97 Å². The molecule has 138 valence electrons. The summed E-state index contributed by atoms with van der Waals surface area (Å²) < 4.78 is 13.8. The second-order valence-electron chi connectivity index (χ2n) is 6.16. The third kappa shape index (κ3) is 3.44. The van der Waals surface area contributed by atoms with Gasteiger partial charge in [-0.1, -0.05) is 12.1 Å². The third-order valence-corrected chi connectivity index (χ3v) is 4.44. The lowest BCUT2D eigenvalue weighted by molar-refractivity contribution is -0.120. The summed E-state index contributed by atoms with van der Waals surface area (Å²) in [6.45, 7) is 0. The fraction of sp³-hybridized carbons (Fsp3) is 0.150. The molecule has 3 rings (SSSR count). The van der Waals surface area contributed by atoms with E-state index in [1.165, 1.54) is 30.3 Å². The number of ketones is 2. The van der Waals surface area contributed by atoms with Gasteiger partial charge in [-0.05, 0) is 35.4 Å². The summed E-state index contributed by atoms with van der Waals surface area (Å²) >= 11 is 0. The number of fused-ring (bicyclic) bond motifs is 1. The number of hydrogen-bond acceptors (Lipinski definition) is 5. The van der Waals surface area contributed by atoms with Crippen molar-refractivity contribution < 1.29 is 29.0 Å². The number of aliphatic hydroxyl groups is 1. The molecule has 27 heavy (non-hydrogen) atoms. The van der Waals surface area contributed by atoms with Crippen molar-refractivity contribution in [1.29, 1.82) is 0 Å². The zero-order chi connectivity index (χ0) is 19.7. The smallest absolute Gasteiger partial charge is 0.335 e. The first-order valence-corrected chi connectivity index (χ1v) is 8.14. The number of carboxylic acid groups (broad SMARTS) is 1. The molecule has 0 fully saturated rings. The molecule has 0 aliphatic heterocycles. The highest BCUT2D eigenvalue weighted by atomic mass is 19.1. The van der Waals surface area contributed by atoms with Crippen LogP contribution in [0.25, 0.3) is 5.76 Å². The van der Waals surface area contributed by atoms with Crippen LogP contribution in [0.15, 0.2) is 42.0 Å². The molecule has 2 aromatic rings. The summed E-state index contributed by atoms with van der Waals surface area (Å²) in [5.74, 6) is -3.38. The number of aliphatic hydroxyl groups excluding tert-OH is 1. The number of hydrogen-bond donors (Lipinski definition) is 3. The number of halogens is 1. The average Bonchev–Trinajstić information content (AvgIpc) is 2.62. The Morgan fingerprint density at radius 2 is 1.85 bits per heavy atom. The van der Waals surface area contributed by atoms with Gasteiger partial charge < -0.3 is 15.5 Å². The minimum absolute atomic E-state index is 0.0750. The molecular formula is C20H16FNO5. The van der Waals surface area contributed by atoms with E-state index in [1.54, 1.807) is 7.05 Å². The van der Waals surface area contributed by atoms with Crippen molar-refractivity contribution in [3.63, 3.8) is 0 Å². The highest BCUT2D eigenvalue weighted by Crippen LogP contribution is 2.34. The maximum absolute atomic E-state index is 13.8. The topological polar surface area (TPSA) is 104 Å². The van der Waals surface area contributed by atoms with Gasteiger partial charge in [0.05, 0.1) is 5.56 Å². The normalized spacial score (nSPS) is 13.3. The molecule has 0 atom stereocenters. The minimum atomic E-state index is -1.09. The van der Waals surface area contributed by atoms with E-state index in [0.717, 1.165) is 6.07 Å². The van der Waals surface area contributed by atoms with E-state index < -0.39 is 29.1 Å². The second-order valence-corrected chi connectivity index (χ2v) is 6.16. The van der Waals surface area contributed by atoms with Gasteiger partial charge in [-0.2, -0.15) is 0 Å². The Morgan fingerprint density at radius 1 is 1.19 bits per heavy atom. The summed E-state index contributed by atoms with van der Waals surface area (Å²) in [7, 11) is 1.57. The van der Waals surface area contributed by atoms with Gasteiger partial charge in [-0.3, -0.25) is 9.59 Å². The van der Waals surface area contributed by atoms with E-state index >= 15 is 0 Å². The van der Waals surface area contributed by atoms with Gasteiger partial charge in [0.25, 0.3) is 0 Å². The Labute approximate surface area is 154 Å². The van der Waals surface area contributed by atoms with Crippen LogP contribution in [0.5, 0.6) is 0 Å². The predicted molar refractivity (Wildman–Crippen MR) is 96.3 cm³/mol. The molecule has 0 bridgehead atoms. The number of benzene rings is 2. The van der Waals surface area contributed by atoms with Crippen molar-refractivity contribution in [2.24, 2.45) is 0 Å². The number of rotatable bonds is 5. The molecule has 0 amide bonds. The Kier molecular flexibility index (Phi) is 4.77. The maximum atomic E-state index is 13.8. The van der Waals surface area contributed by atoms with Crippen LogP contribution < -0.4 is 5.32 Å². The molecule has 1 aliphatic carbocycles. The minimum Gasteiger partial charge on any atom is -0.506 e. The van der Waals surface area contributed by atoms with E-state index in [-0.39, 0.29) is 29.5 Å². The fourth-order valence-electron chi connectivity index (χ4n) is 3.10. The van der Waals surface area contributed by atoms with E-state index in [2.05, 4.69) is 5.32 Å². The van der Waals surface area contributed by atoms with E-state index in [0.29, 0.717) is 16.8 Å². The SMILES string of the molecule is CNc1cc(F)cc2c1CC(=O)C(C(=O)Cc1ccc(C(=O)O)cc1)=C2O. The quantitative estimate of drug-likeness (QED) is 0.700. The van der Waals surface area contributed by atoms with Crippen molar-refractivity contribution in [1.82, 2.24) is 0 Å². The van der Waals surface area contributed by atoms with E-state index in [4.69, 9.17) is 5.11 Å². The van der Waals surface area contributed by atoms with Crippen molar-refractivity contribution in [2.75, 3.05) is 12.4 Å². The van der Waals surface area contributed by atoms with Crippen LogP contribution >= 0.6 is 0 Å². The van der Waals surface area contributed by atoms with Crippen LogP contribution in [0.1, 0.15) is 27.0 Å². The Balaban J connectivity index is 1.96. The van der Waals surface area contributed by atoms with Gasteiger partial charge in [-0.15, -0.1) is 0 Å². The van der Waals surface area contributed by atoms with Gasteiger partial charge in [0.2, 0.25) is 0 Å². The first kappa shape index (κ1) is 18.3. The maximum Gasteiger partial charge on any atom is 0.335 e. The fourth-order valence-corrected chi connectivity index (χ4v) is 3.10. The van der Waals surface area contributed by atoms with Gasteiger partial charge in [-0.25, -0.2) is 9.18 Å². The number of allylic oxidation sites excluding steroid dienone is 1. The van der Waals surface area contributed by atoms with Crippen LogP contribution in [0.3, 0.4) is 0 Å². The zero-order valence-electron chi connectivity index (χ0n) is 14.4. The third-order valence-electron chi connectivity index (χ3n) is 4.44. The summed E-state index contributed by atoms with van der Waals surface area (Å²) in [5.41, 5.74) is 1.13. The van der Waals surface area contributed by atoms with Crippen molar-refractivity contribution >= 4 is 29.0 Å². The molecule has 2 aromatic carbocycles. The molecule has 3 N–H and O–H groups in total. The van der Waals surface area contributed by atoms with Gasteiger partial charge in [0.1, 0.15) is 17.1 Å². The molecule has 0 unspecified atom stereocenters. The molecule has 0 radical (unpaired) electrons. The van der Waals surface area contributed by atoms with E-state index in [9.17, 15) is 23.9 Å². The highest BCUT2D eigenvalue weighted by Gasteiger charge is 2.32. The van der Waals surface area contributed by atoms with Crippen LogP contribution in [0.2, 0.25) is 0 Å². The van der Waals surface area contributed by atoms with Crippen LogP contribution in [0.4, 0.5) is 10.1 Å². The lowest BCUT2D eigenvalue weighted by Crippen LogP contribution is -2.24. The number of carbonyl (C=O) groups excluding carboxylic acids is 2. The first-order chi connectivity index (χ1) is 12.8. The molecule has 1 aliphatic rings. The number of anilines is 1.